The number of hydrogen-bond donors (Lipinski definition) is 2. The Morgan fingerprint density at radius 1 is 0.972 bits per heavy atom. The lowest BCUT2D eigenvalue weighted by molar-refractivity contribution is -0.137. The normalized spacial score (nSPS) is 13.4. The highest BCUT2D eigenvalue weighted by Gasteiger charge is 2.30. The van der Waals surface area contributed by atoms with E-state index in [9.17, 15) is 31.1 Å². The highest BCUT2D eigenvalue weighted by molar-refractivity contribution is 5.81. The van der Waals surface area contributed by atoms with Crippen molar-refractivity contribution < 1.29 is 35.9 Å². The van der Waals surface area contributed by atoms with Gasteiger partial charge in [-0.1, -0.05) is 48.0 Å². The van der Waals surface area contributed by atoms with Gasteiger partial charge in [-0.05, 0) is 60.7 Å². The molecule has 0 aromatic heterocycles. The molecular weight excluding hydrogens is 486 g/mol. The lowest BCUT2D eigenvalue weighted by Crippen LogP contribution is -2.36. The average Bonchev–Trinajstić information content (AvgIpc) is 2.81. The number of carbonyl (C=O) groups is 1. The maximum Gasteiger partial charge on any atom is 0.416 e. The van der Waals surface area contributed by atoms with Gasteiger partial charge in [-0.15, -0.1) is 0 Å². The van der Waals surface area contributed by atoms with Crippen molar-refractivity contribution in [3.05, 3.63) is 100 Å². The van der Waals surface area contributed by atoms with Crippen molar-refractivity contribution in [3.63, 3.8) is 0 Å². The summed E-state index contributed by atoms with van der Waals surface area (Å²) >= 11 is 0. The van der Waals surface area contributed by atoms with Crippen molar-refractivity contribution in [2.45, 2.75) is 44.6 Å². The third-order valence-corrected chi connectivity index (χ3v) is 5.64. The standard InChI is InChI=1S/C26H24F6N2O2/c1-15-2-7-17(8-3-15)23(24(33)35)34-21(18-9-12-20(27)22(14-18)36-25(28)29)13-6-16-4-10-19(11-5-16)26(30,31)32/h2-5,7-12,14,21,23,25,34H,6,13H2,1H3,(H2,33,35)/t21-,23-/m1/s1. The van der Waals surface area contributed by atoms with Crippen molar-refractivity contribution >= 4 is 5.91 Å². The molecule has 2 atom stereocenters. The number of benzene rings is 3. The minimum Gasteiger partial charge on any atom is -0.432 e. The summed E-state index contributed by atoms with van der Waals surface area (Å²) in [5.74, 6) is -2.37. The van der Waals surface area contributed by atoms with Gasteiger partial charge in [0.05, 0.1) is 5.56 Å². The maximum absolute atomic E-state index is 14.0. The topological polar surface area (TPSA) is 64.3 Å². The monoisotopic (exact) mass is 510 g/mol. The van der Waals surface area contributed by atoms with E-state index in [-0.39, 0.29) is 12.8 Å². The fraction of sp³-hybridized carbons (Fsp3) is 0.269. The number of nitrogens with two attached hydrogens (primary N) is 1. The zero-order valence-electron chi connectivity index (χ0n) is 19.2. The molecular formula is C26H24F6N2O2. The molecule has 10 heteroatoms. The van der Waals surface area contributed by atoms with Gasteiger partial charge in [0.15, 0.2) is 11.6 Å². The molecule has 3 aromatic carbocycles. The van der Waals surface area contributed by atoms with Gasteiger partial charge in [0.1, 0.15) is 6.04 Å². The van der Waals surface area contributed by atoms with E-state index in [0.717, 1.165) is 29.8 Å². The fourth-order valence-electron chi connectivity index (χ4n) is 3.74. The third-order valence-electron chi connectivity index (χ3n) is 5.64. The second-order valence-corrected chi connectivity index (χ2v) is 8.27. The van der Waals surface area contributed by atoms with E-state index in [0.29, 0.717) is 16.7 Å². The summed E-state index contributed by atoms with van der Waals surface area (Å²) in [6, 6.07) is 13.3. The Labute approximate surface area is 204 Å². The molecule has 0 saturated carbocycles. The Balaban J connectivity index is 1.91. The van der Waals surface area contributed by atoms with Crippen molar-refractivity contribution in [1.29, 1.82) is 0 Å². The molecule has 0 saturated heterocycles. The smallest absolute Gasteiger partial charge is 0.416 e. The van der Waals surface area contributed by atoms with Gasteiger partial charge < -0.3 is 10.5 Å². The van der Waals surface area contributed by atoms with Crippen LogP contribution in [-0.4, -0.2) is 12.5 Å². The highest BCUT2D eigenvalue weighted by Crippen LogP contribution is 2.31. The average molecular weight is 510 g/mol. The Kier molecular flexibility index (Phi) is 8.62. The third kappa shape index (κ3) is 7.24. The summed E-state index contributed by atoms with van der Waals surface area (Å²) in [6.07, 6.45) is -3.99. The van der Waals surface area contributed by atoms with Crippen molar-refractivity contribution in [2.75, 3.05) is 0 Å². The number of halogens is 6. The zero-order valence-corrected chi connectivity index (χ0v) is 19.2. The molecule has 3 rings (SSSR count). The number of ether oxygens (including phenoxy) is 1. The van der Waals surface area contributed by atoms with E-state index in [2.05, 4.69) is 10.1 Å². The summed E-state index contributed by atoms with van der Waals surface area (Å²) in [4.78, 5) is 12.3. The van der Waals surface area contributed by atoms with Crippen LogP contribution in [0.25, 0.3) is 0 Å². The molecule has 3 aromatic rings. The van der Waals surface area contributed by atoms with Crippen LogP contribution in [0.3, 0.4) is 0 Å². The predicted molar refractivity (Wildman–Crippen MR) is 122 cm³/mol. The second-order valence-electron chi connectivity index (χ2n) is 8.27. The van der Waals surface area contributed by atoms with Gasteiger partial charge in [-0.25, -0.2) is 4.39 Å². The van der Waals surface area contributed by atoms with E-state index in [1.165, 1.54) is 18.2 Å². The van der Waals surface area contributed by atoms with Crippen LogP contribution in [0.15, 0.2) is 66.7 Å². The number of carbonyl (C=O) groups excluding carboxylic acids is 1. The van der Waals surface area contributed by atoms with Crippen LogP contribution in [0.1, 0.15) is 46.3 Å². The first-order valence-electron chi connectivity index (χ1n) is 11.0. The molecule has 0 unspecified atom stereocenters. The largest absolute Gasteiger partial charge is 0.432 e. The Hall–Kier alpha value is -3.53. The number of nitrogens with one attached hydrogen (secondary N) is 1. The summed E-state index contributed by atoms with van der Waals surface area (Å²) in [5, 5.41) is 3.09. The van der Waals surface area contributed by atoms with Crippen molar-refractivity contribution in [2.24, 2.45) is 5.73 Å². The van der Waals surface area contributed by atoms with Crippen LogP contribution in [0.5, 0.6) is 5.75 Å². The molecule has 0 heterocycles. The molecule has 0 aliphatic carbocycles. The Morgan fingerprint density at radius 3 is 2.14 bits per heavy atom. The van der Waals surface area contributed by atoms with E-state index >= 15 is 0 Å². The Morgan fingerprint density at radius 2 is 1.58 bits per heavy atom. The van der Waals surface area contributed by atoms with Gasteiger partial charge in [0.25, 0.3) is 0 Å². The lowest BCUT2D eigenvalue weighted by Gasteiger charge is -2.25. The number of primary amides is 1. The van der Waals surface area contributed by atoms with Gasteiger partial charge in [0, 0.05) is 6.04 Å². The van der Waals surface area contributed by atoms with Gasteiger partial charge in [-0.2, -0.15) is 22.0 Å². The van der Waals surface area contributed by atoms with Crippen LogP contribution in [0.4, 0.5) is 26.3 Å². The molecule has 192 valence electrons. The molecule has 0 aliphatic rings. The maximum atomic E-state index is 14.0. The van der Waals surface area contributed by atoms with E-state index in [4.69, 9.17) is 5.73 Å². The van der Waals surface area contributed by atoms with Gasteiger partial charge in [0.2, 0.25) is 5.91 Å². The van der Waals surface area contributed by atoms with E-state index < -0.39 is 47.9 Å². The summed E-state index contributed by atoms with van der Waals surface area (Å²) < 4.78 is 82.4. The van der Waals surface area contributed by atoms with Crippen LogP contribution in [-0.2, 0) is 17.4 Å². The van der Waals surface area contributed by atoms with Crippen LogP contribution >= 0.6 is 0 Å². The highest BCUT2D eigenvalue weighted by atomic mass is 19.4. The number of alkyl halides is 5. The number of hydrogen-bond acceptors (Lipinski definition) is 3. The summed E-state index contributed by atoms with van der Waals surface area (Å²) in [5.41, 5.74) is 7.25. The summed E-state index contributed by atoms with van der Waals surface area (Å²) in [7, 11) is 0. The van der Waals surface area contributed by atoms with E-state index in [1.54, 1.807) is 24.3 Å². The van der Waals surface area contributed by atoms with Crippen molar-refractivity contribution in [1.82, 2.24) is 5.32 Å². The minimum atomic E-state index is -4.47. The first-order chi connectivity index (χ1) is 16.9. The first kappa shape index (κ1) is 27.1. The van der Waals surface area contributed by atoms with Gasteiger partial charge in [-0.3, -0.25) is 10.1 Å². The summed E-state index contributed by atoms with van der Waals surface area (Å²) in [6.45, 7) is -1.38. The van der Waals surface area contributed by atoms with Crippen LogP contribution < -0.4 is 15.8 Å². The lowest BCUT2D eigenvalue weighted by atomic mass is 9.95. The van der Waals surface area contributed by atoms with Gasteiger partial charge >= 0.3 is 12.8 Å². The van der Waals surface area contributed by atoms with E-state index in [1.807, 2.05) is 6.92 Å². The quantitative estimate of drug-likeness (QED) is 0.317. The van der Waals surface area contributed by atoms with Crippen LogP contribution in [0.2, 0.25) is 0 Å². The molecule has 4 nitrogen and oxygen atoms in total. The number of aryl methyl sites for hydroxylation is 2. The van der Waals surface area contributed by atoms with Crippen molar-refractivity contribution in [3.8, 4) is 5.75 Å². The Bertz CT molecular complexity index is 1160. The molecule has 0 radical (unpaired) electrons. The molecule has 0 aliphatic heterocycles. The first-order valence-corrected chi connectivity index (χ1v) is 11.0. The predicted octanol–water partition coefficient (Wildman–Crippen LogP) is 6.24. The minimum absolute atomic E-state index is 0.223. The fourth-order valence-corrected chi connectivity index (χ4v) is 3.74. The molecule has 36 heavy (non-hydrogen) atoms. The van der Waals surface area contributed by atoms with Crippen LogP contribution in [0, 0.1) is 12.7 Å². The number of rotatable bonds is 10. The number of amides is 1. The SMILES string of the molecule is Cc1ccc([C@@H](N[C@H](CCc2ccc(C(F)(F)F)cc2)c2ccc(F)c(OC(F)F)c2)C(N)=O)cc1. The second kappa shape index (κ2) is 11.5. The molecule has 1 amide bonds. The molecule has 0 spiro atoms. The molecule has 0 bridgehead atoms. The zero-order chi connectivity index (χ0) is 26.5. The molecule has 3 N–H and O–H groups in total. The molecule has 0 fully saturated rings.